The lowest BCUT2D eigenvalue weighted by Crippen LogP contribution is -2.35. The lowest BCUT2D eigenvalue weighted by molar-refractivity contribution is -0.136. The fraction of sp³-hybridized carbons (Fsp3) is 0.0769. The summed E-state index contributed by atoms with van der Waals surface area (Å²) in [6.45, 7) is -0.000985. The number of para-hydroxylation sites is 1. The third-order valence-corrected chi connectivity index (χ3v) is 2.41. The van der Waals surface area contributed by atoms with E-state index < -0.39 is 29.1 Å². The van der Waals surface area contributed by atoms with Crippen LogP contribution in [-0.4, -0.2) is 11.8 Å². The molecule has 0 bridgehead atoms. The SMILES string of the molecule is O=C(NCc1ccco1)C(=O)Nc1c(F)cccc1F. The topological polar surface area (TPSA) is 71.3 Å². The predicted octanol–water partition coefficient (Wildman–Crippen LogP) is 1.81. The number of halogens is 2. The van der Waals surface area contributed by atoms with E-state index in [1.165, 1.54) is 6.26 Å². The Morgan fingerprint density at radius 1 is 1.05 bits per heavy atom. The molecule has 2 aromatic rings. The quantitative estimate of drug-likeness (QED) is 0.842. The van der Waals surface area contributed by atoms with Gasteiger partial charge in [-0.2, -0.15) is 0 Å². The maximum Gasteiger partial charge on any atom is 0.313 e. The molecule has 1 aromatic carbocycles. The molecule has 0 atom stereocenters. The fourth-order valence-electron chi connectivity index (χ4n) is 1.45. The van der Waals surface area contributed by atoms with Crippen LogP contribution in [-0.2, 0) is 16.1 Å². The molecule has 0 spiro atoms. The zero-order valence-electron chi connectivity index (χ0n) is 10.2. The van der Waals surface area contributed by atoms with Crippen molar-refractivity contribution >= 4 is 17.5 Å². The number of nitrogens with one attached hydrogen (secondary N) is 2. The highest BCUT2D eigenvalue weighted by molar-refractivity contribution is 6.39. The number of hydrogen-bond acceptors (Lipinski definition) is 3. The molecule has 0 fully saturated rings. The third-order valence-electron chi connectivity index (χ3n) is 2.41. The van der Waals surface area contributed by atoms with Crippen molar-refractivity contribution in [2.45, 2.75) is 6.54 Å². The molecule has 0 aliphatic rings. The Morgan fingerprint density at radius 2 is 1.75 bits per heavy atom. The first-order chi connectivity index (χ1) is 9.58. The van der Waals surface area contributed by atoms with Crippen LogP contribution in [0.2, 0.25) is 0 Å². The maximum atomic E-state index is 13.3. The molecule has 1 heterocycles. The molecule has 0 radical (unpaired) electrons. The van der Waals surface area contributed by atoms with E-state index in [4.69, 9.17) is 4.42 Å². The molecule has 2 N–H and O–H groups in total. The van der Waals surface area contributed by atoms with Crippen molar-refractivity contribution in [2.75, 3.05) is 5.32 Å². The summed E-state index contributed by atoms with van der Waals surface area (Å²) in [6, 6.07) is 6.32. The molecular formula is C13H10F2N2O3. The first-order valence-electron chi connectivity index (χ1n) is 5.63. The maximum absolute atomic E-state index is 13.3. The van der Waals surface area contributed by atoms with Gasteiger partial charge in [-0.1, -0.05) is 6.07 Å². The Hall–Kier alpha value is -2.70. The van der Waals surface area contributed by atoms with Crippen LogP contribution in [0.25, 0.3) is 0 Å². The monoisotopic (exact) mass is 280 g/mol. The van der Waals surface area contributed by atoms with Crippen LogP contribution in [0, 0.1) is 11.6 Å². The molecule has 0 saturated carbocycles. The lowest BCUT2D eigenvalue weighted by atomic mass is 10.3. The molecule has 2 rings (SSSR count). The van der Waals surface area contributed by atoms with Gasteiger partial charge in [0.1, 0.15) is 23.1 Å². The van der Waals surface area contributed by atoms with Crippen molar-refractivity contribution in [3.8, 4) is 0 Å². The first kappa shape index (κ1) is 13.7. The van der Waals surface area contributed by atoms with Gasteiger partial charge in [-0.25, -0.2) is 8.78 Å². The Labute approximate surface area is 112 Å². The summed E-state index contributed by atoms with van der Waals surface area (Å²) < 4.78 is 31.5. The zero-order valence-corrected chi connectivity index (χ0v) is 10.2. The molecule has 0 unspecified atom stereocenters. The summed E-state index contributed by atoms with van der Waals surface area (Å²) in [6.07, 6.45) is 1.41. The number of rotatable bonds is 3. The summed E-state index contributed by atoms with van der Waals surface area (Å²) in [7, 11) is 0. The Balaban J connectivity index is 1.96. The molecule has 0 aliphatic heterocycles. The summed E-state index contributed by atoms with van der Waals surface area (Å²) in [5.41, 5.74) is -0.661. The molecule has 104 valence electrons. The zero-order chi connectivity index (χ0) is 14.5. The normalized spacial score (nSPS) is 10.1. The minimum absolute atomic E-state index is 0.000985. The van der Waals surface area contributed by atoms with Crippen molar-refractivity contribution in [3.05, 3.63) is 54.0 Å². The summed E-state index contributed by atoms with van der Waals surface area (Å²) in [5, 5.41) is 4.13. The number of anilines is 1. The van der Waals surface area contributed by atoms with E-state index in [1.807, 2.05) is 5.32 Å². The molecule has 1 aromatic heterocycles. The Kier molecular flexibility index (Phi) is 4.09. The van der Waals surface area contributed by atoms with Crippen molar-refractivity contribution in [1.82, 2.24) is 5.32 Å². The number of carbonyl (C=O) groups is 2. The highest BCUT2D eigenvalue weighted by Gasteiger charge is 2.18. The van der Waals surface area contributed by atoms with Crippen molar-refractivity contribution in [1.29, 1.82) is 0 Å². The smallest absolute Gasteiger partial charge is 0.313 e. The predicted molar refractivity (Wildman–Crippen MR) is 65.5 cm³/mol. The van der Waals surface area contributed by atoms with E-state index in [0.29, 0.717) is 5.76 Å². The van der Waals surface area contributed by atoms with Crippen molar-refractivity contribution in [3.63, 3.8) is 0 Å². The van der Waals surface area contributed by atoms with E-state index in [-0.39, 0.29) is 6.54 Å². The van der Waals surface area contributed by atoms with Crippen LogP contribution in [0.4, 0.5) is 14.5 Å². The van der Waals surface area contributed by atoms with Crippen LogP contribution in [0.1, 0.15) is 5.76 Å². The van der Waals surface area contributed by atoms with Crippen LogP contribution in [0.3, 0.4) is 0 Å². The number of benzene rings is 1. The Morgan fingerprint density at radius 3 is 2.35 bits per heavy atom. The van der Waals surface area contributed by atoms with E-state index in [0.717, 1.165) is 18.2 Å². The van der Waals surface area contributed by atoms with Gasteiger partial charge in [0.2, 0.25) is 0 Å². The van der Waals surface area contributed by atoms with Crippen LogP contribution in [0.15, 0.2) is 41.0 Å². The highest BCUT2D eigenvalue weighted by atomic mass is 19.1. The van der Waals surface area contributed by atoms with Crippen LogP contribution < -0.4 is 10.6 Å². The van der Waals surface area contributed by atoms with Crippen molar-refractivity contribution < 1.29 is 22.8 Å². The van der Waals surface area contributed by atoms with Crippen molar-refractivity contribution in [2.24, 2.45) is 0 Å². The van der Waals surface area contributed by atoms with Gasteiger partial charge in [0, 0.05) is 0 Å². The molecule has 5 nitrogen and oxygen atoms in total. The van der Waals surface area contributed by atoms with E-state index >= 15 is 0 Å². The average molecular weight is 280 g/mol. The summed E-state index contributed by atoms with van der Waals surface area (Å²) in [4.78, 5) is 22.9. The molecule has 20 heavy (non-hydrogen) atoms. The molecule has 0 aliphatic carbocycles. The molecule has 2 amide bonds. The van der Waals surface area contributed by atoms with E-state index in [9.17, 15) is 18.4 Å². The molecule has 7 heteroatoms. The van der Waals surface area contributed by atoms with Gasteiger partial charge in [-0.3, -0.25) is 9.59 Å². The van der Waals surface area contributed by atoms with Crippen LogP contribution >= 0.6 is 0 Å². The Bertz CT molecular complexity index is 606. The average Bonchev–Trinajstić information content (AvgIpc) is 2.93. The van der Waals surface area contributed by atoms with E-state index in [1.54, 1.807) is 12.1 Å². The third kappa shape index (κ3) is 3.19. The first-order valence-corrected chi connectivity index (χ1v) is 5.63. The second-order valence-electron chi connectivity index (χ2n) is 3.81. The molecule has 0 saturated heterocycles. The second kappa shape index (κ2) is 5.96. The highest BCUT2D eigenvalue weighted by Crippen LogP contribution is 2.17. The van der Waals surface area contributed by atoms with Gasteiger partial charge in [0.25, 0.3) is 0 Å². The van der Waals surface area contributed by atoms with Gasteiger partial charge in [0.15, 0.2) is 0 Å². The molecular weight excluding hydrogens is 270 g/mol. The fourth-order valence-corrected chi connectivity index (χ4v) is 1.45. The largest absolute Gasteiger partial charge is 0.467 e. The number of furan rings is 1. The number of hydrogen-bond donors (Lipinski definition) is 2. The van der Waals surface area contributed by atoms with Gasteiger partial charge in [-0.05, 0) is 24.3 Å². The minimum Gasteiger partial charge on any atom is -0.467 e. The standard InChI is InChI=1S/C13H10F2N2O3/c14-9-4-1-5-10(15)11(9)17-13(19)12(18)16-7-8-3-2-6-20-8/h1-6H,7H2,(H,16,18)(H,17,19). The van der Waals surface area contributed by atoms with Gasteiger partial charge < -0.3 is 15.1 Å². The van der Waals surface area contributed by atoms with Crippen LogP contribution in [0.5, 0.6) is 0 Å². The number of carbonyl (C=O) groups excluding carboxylic acids is 2. The van der Waals surface area contributed by atoms with Gasteiger partial charge in [0.05, 0.1) is 12.8 Å². The van der Waals surface area contributed by atoms with Gasteiger partial charge >= 0.3 is 11.8 Å². The minimum atomic E-state index is -1.17. The summed E-state index contributed by atoms with van der Waals surface area (Å²) >= 11 is 0. The number of amides is 2. The second-order valence-corrected chi connectivity index (χ2v) is 3.81. The summed E-state index contributed by atoms with van der Waals surface area (Å²) in [5.74, 6) is -3.66. The van der Waals surface area contributed by atoms with Gasteiger partial charge in [-0.15, -0.1) is 0 Å². The lowest BCUT2D eigenvalue weighted by Gasteiger charge is -2.07. The van der Waals surface area contributed by atoms with E-state index in [2.05, 4.69) is 5.32 Å².